The van der Waals surface area contributed by atoms with E-state index in [0.29, 0.717) is 6.04 Å². The normalized spacial score (nSPS) is 19.8. The highest BCUT2D eigenvalue weighted by Gasteiger charge is 2.18. The van der Waals surface area contributed by atoms with Gasteiger partial charge >= 0.3 is 0 Å². The van der Waals surface area contributed by atoms with Crippen molar-refractivity contribution in [1.82, 2.24) is 10.3 Å². The summed E-state index contributed by atoms with van der Waals surface area (Å²) in [5.41, 5.74) is 1.33. The van der Waals surface area contributed by atoms with Gasteiger partial charge in [-0.25, -0.2) is 0 Å². The van der Waals surface area contributed by atoms with Gasteiger partial charge in [0, 0.05) is 18.4 Å². The number of rotatable bonds is 4. The van der Waals surface area contributed by atoms with Gasteiger partial charge in [-0.1, -0.05) is 44.6 Å². The number of pyridine rings is 1. The van der Waals surface area contributed by atoms with Crippen molar-refractivity contribution in [3.05, 3.63) is 30.1 Å². The third-order valence-corrected chi connectivity index (χ3v) is 3.98. The Morgan fingerprint density at radius 2 is 2.06 bits per heavy atom. The van der Waals surface area contributed by atoms with E-state index in [-0.39, 0.29) is 0 Å². The predicted octanol–water partition coefficient (Wildman–Crippen LogP) is 3.70. The molecule has 0 spiro atoms. The lowest BCUT2D eigenvalue weighted by Gasteiger charge is -2.22. The average Bonchev–Trinajstić information content (AvgIpc) is 2.65. The first-order valence-corrected chi connectivity index (χ1v) is 6.97. The largest absolute Gasteiger partial charge is 0.313 e. The highest BCUT2D eigenvalue weighted by molar-refractivity contribution is 5.13. The maximum absolute atomic E-state index is 4.23. The maximum atomic E-state index is 4.23. The zero-order chi connectivity index (χ0) is 11.9. The van der Waals surface area contributed by atoms with Crippen LogP contribution >= 0.6 is 0 Å². The molecule has 1 aliphatic rings. The lowest BCUT2D eigenvalue weighted by atomic mass is 9.90. The van der Waals surface area contributed by atoms with Gasteiger partial charge in [-0.2, -0.15) is 0 Å². The van der Waals surface area contributed by atoms with Gasteiger partial charge < -0.3 is 5.32 Å². The lowest BCUT2D eigenvalue weighted by Crippen LogP contribution is -2.20. The predicted molar refractivity (Wildman–Crippen MR) is 71.8 cm³/mol. The van der Waals surface area contributed by atoms with E-state index in [2.05, 4.69) is 23.4 Å². The first-order valence-electron chi connectivity index (χ1n) is 6.97. The van der Waals surface area contributed by atoms with Crippen molar-refractivity contribution in [2.24, 2.45) is 5.92 Å². The third-order valence-electron chi connectivity index (χ3n) is 3.98. The van der Waals surface area contributed by atoms with Gasteiger partial charge in [-0.15, -0.1) is 0 Å². The molecule has 0 aromatic carbocycles. The summed E-state index contributed by atoms with van der Waals surface area (Å²) in [7, 11) is 2.06. The van der Waals surface area contributed by atoms with E-state index >= 15 is 0 Å². The molecule has 0 saturated heterocycles. The fraction of sp³-hybridized carbons (Fsp3) is 0.667. The zero-order valence-electron chi connectivity index (χ0n) is 10.9. The summed E-state index contributed by atoms with van der Waals surface area (Å²) in [6, 6.07) is 4.70. The molecule has 17 heavy (non-hydrogen) atoms. The van der Waals surface area contributed by atoms with Crippen molar-refractivity contribution in [2.45, 2.75) is 51.0 Å². The summed E-state index contributed by atoms with van der Waals surface area (Å²) in [6.07, 6.45) is 13.7. The van der Waals surface area contributed by atoms with Crippen LogP contribution in [-0.4, -0.2) is 12.0 Å². The Labute approximate surface area is 105 Å². The van der Waals surface area contributed by atoms with E-state index in [9.17, 15) is 0 Å². The summed E-state index contributed by atoms with van der Waals surface area (Å²) >= 11 is 0. The molecule has 2 heteroatoms. The van der Waals surface area contributed by atoms with Gasteiger partial charge in [-0.05, 0) is 31.0 Å². The van der Waals surface area contributed by atoms with Gasteiger partial charge in [0.15, 0.2) is 0 Å². The molecular weight excluding hydrogens is 208 g/mol. The fourth-order valence-corrected chi connectivity index (χ4v) is 2.94. The van der Waals surface area contributed by atoms with E-state index in [1.807, 2.05) is 18.5 Å². The quantitative estimate of drug-likeness (QED) is 0.801. The first-order chi connectivity index (χ1) is 8.40. The van der Waals surface area contributed by atoms with Crippen LogP contribution in [0.3, 0.4) is 0 Å². The van der Waals surface area contributed by atoms with Crippen LogP contribution in [0.1, 0.15) is 56.6 Å². The van der Waals surface area contributed by atoms with Crippen molar-refractivity contribution in [1.29, 1.82) is 0 Å². The first kappa shape index (κ1) is 12.6. The number of hydrogen-bond acceptors (Lipinski definition) is 2. The summed E-state index contributed by atoms with van der Waals surface area (Å²) in [5, 5.41) is 3.45. The molecule has 2 rings (SSSR count). The second-order valence-electron chi connectivity index (χ2n) is 5.22. The van der Waals surface area contributed by atoms with Crippen LogP contribution in [-0.2, 0) is 0 Å². The Balaban J connectivity index is 1.94. The number of nitrogens with zero attached hydrogens (tertiary/aromatic N) is 1. The third kappa shape index (κ3) is 3.81. The highest BCUT2D eigenvalue weighted by atomic mass is 14.9. The van der Waals surface area contributed by atoms with E-state index < -0.39 is 0 Å². The van der Waals surface area contributed by atoms with E-state index in [1.54, 1.807) is 0 Å². The lowest BCUT2D eigenvalue weighted by molar-refractivity contribution is 0.367. The standard InChI is InChI=1S/C15H24N2/c1-16-15(14-9-6-10-17-12-14)11-13-7-4-2-3-5-8-13/h6,9-10,12-13,15-16H,2-5,7-8,11H2,1H3. The summed E-state index contributed by atoms with van der Waals surface area (Å²) in [6.45, 7) is 0. The Morgan fingerprint density at radius 1 is 1.29 bits per heavy atom. The van der Waals surface area contributed by atoms with Crippen molar-refractivity contribution in [3.63, 3.8) is 0 Å². The molecule has 1 aliphatic carbocycles. The SMILES string of the molecule is CNC(CC1CCCCCC1)c1cccnc1. The number of hydrogen-bond donors (Lipinski definition) is 1. The minimum Gasteiger partial charge on any atom is -0.313 e. The fourth-order valence-electron chi connectivity index (χ4n) is 2.94. The van der Waals surface area contributed by atoms with Crippen LogP contribution in [0.15, 0.2) is 24.5 Å². The van der Waals surface area contributed by atoms with E-state index in [1.165, 1.54) is 50.5 Å². The number of aromatic nitrogens is 1. The average molecular weight is 232 g/mol. The van der Waals surface area contributed by atoms with Gasteiger partial charge in [0.25, 0.3) is 0 Å². The van der Waals surface area contributed by atoms with Crippen LogP contribution in [0.4, 0.5) is 0 Å². The Morgan fingerprint density at radius 3 is 2.65 bits per heavy atom. The van der Waals surface area contributed by atoms with E-state index in [0.717, 1.165) is 5.92 Å². The molecule has 0 bridgehead atoms. The molecule has 1 aromatic heterocycles. The summed E-state index contributed by atoms with van der Waals surface area (Å²) in [5.74, 6) is 0.898. The molecule has 1 fully saturated rings. The van der Waals surface area contributed by atoms with Crippen LogP contribution < -0.4 is 5.32 Å². The van der Waals surface area contributed by atoms with Crippen LogP contribution in [0.5, 0.6) is 0 Å². The smallest absolute Gasteiger partial charge is 0.0335 e. The monoisotopic (exact) mass is 232 g/mol. The van der Waals surface area contributed by atoms with Crippen LogP contribution in [0, 0.1) is 5.92 Å². The topological polar surface area (TPSA) is 24.9 Å². The summed E-state index contributed by atoms with van der Waals surface area (Å²) in [4.78, 5) is 4.23. The van der Waals surface area contributed by atoms with Gasteiger partial charge in [-0.3, -0.25) is 4.98 Å². The molecular formula is C15H24N2. The van der Waals surface area contributed by atoms with Crippen molar-refractivity contribution in [3.8, 4) is 0 Å². The molecule has 1 atom stereocenters. The molecule has 1 aromatic rings. The van der Waals surface area contributed by atoms with Crippen LogP contribution in [0.2, 0.25) is 0 Å². The molecule has 2 nitrogen and oxygen atoms in total. The van der Waals surface area contributed by atoms with Crippen molar-refractivity contribution in [2.75, 3.05) is 7.05 Å². The molecule has 0 aliphatic heterocycles. The minimum atomic E-state index is 0.479. The second kappa shape index (κ2) is 6.75. The van der Waals surface area contributed by atoms with Crippen LogP contribution in [0.25, 0.3) is 0 Å². The maximum Gasteiger partial charge on any atom is 0.0335 e. The van der Waals surface area contributed by atoms with Gasteiger partial charge in [0.1, 0.15) is 0 Å². The Bertz CT molecular complexity index is 302. The summed E-state index contributed by atoms with van der Waals surface area (Å²) < 4.78 is 0. The van der Waals surface area contributed by atoms with Gasteiger partial charge in [0.05, 0.1) is 0 Å². The molecule has 1 unspecified atom stereocenters. The molecule has 0 radical (unpaired) electrons. The molecule has 1 saturated carbocycles. The second-order valence-corrected chi connectivity index (χ2v) is 5.22. The number of nitrogens with one attached hydrogen (secondary N) is 1. The Hall–Kier alpha value is -0.890. The molecule has 0 amide bonds. The highest BCUT2D eigenvalue weighted by Crippen LogP contribution is 2.30. The molecule has 1 N–H and O–H groups in total. The van der Waals surface area contributed by atoms with Gasteiger partial charge in [0.2, 0.25) is 0 Å². The Kier molecular flexibility index (Phi) is 4.99. The zero-order valence-corrected chi connectivity index (χ0v) is 10.9. The molecule has 94 valence electrons. The van der Waals surface area contributed by atoms with Crippen molar-refractivity contribution >= 4 is 0 Å². The minimum absolute atomic E-state index is 0.479. The van der Waals surface area contributed by atoms with Crippen molar-refractivity contribution < 1.29 is 0 Å². The molecule has 1 heterocycles. The van der Waals surface area contributed by atoms with E-state index in [4.69, 9.17) is 0 Å².